The summed E-state index contributed by atoms with van der Waals surface area (Å²) in [7, 11) is -3.57. The molecular weight excluding hydrogens is 374 g/mol. The highest BCUT2D eigenvalue weighted by Crippen LogP contribution is 2.23. The molecule has 136 valence electrons. The van der Waals surface area contributed by atoms with Crippen LogP contribution in [0, 0.1) is 17.2 Å². The van der Waals surface area contributed by atoms with Gasteiger partial charge >= 0.3 is 0 Å². The number of nitrogens with one attached hydrogen (secondary N) is 1. The van der Waals surface area contributed by atoms with Crippen molar-refractivity contribution in [3.05, 3.63) is 47.4 Å². The quantitative estimate of drug-likeness (QED) is 0.838. The zero-order chi connectivity index (χ0) is 18.6. The topological polar surface area (TPSA) is 99.0 Å². The van der Waals surface area contributed by atoms with Crippen LogP contribution >= 0.6 is 11.6 Å². The third-order valence-electron chi connectivity index (χ3n) is 4.37. The van der Waals surface area contributed by atoms with Gasteiger partial charge in [0.15, 0.2) is 11.5 Å². The van der Waals surface area contributed by atoms with Gasteiger partial charge in [0, 0.05) is 37.1 Å². The van der Waals surface area contributed by atoms with Crippen molar-refractivity contribution in [2.24, 2.45) is 5.92 Å². The average Bonchev–Trinajstić information content (AvgIpc) is 2.67. The molecule has 1 aromatic heterocycles. The highest BCUT2D eigenvalue weighted by molar-refractivity contribution is 7.89. The van der Waals surface area contributed by atoms with Crippen LogP contribution in [0.15, 0.2) is 41.6 Å². The van der Waals surface area contributed by atoms with Gasteiger partial charge in [0.1, 0.15) is 6.07 Å². The average molecular weight is 392 g/mol. The number of aromatic nitrogens is 2. The van der Waals surface area contributed by atoms with Crippen LogP contribution in [0.25, 0.3) is 0 Å². The van der Waals surface area contributed by atoms with Crippen molar-refractivity contribution in [2.75, 3.05) is 24.5 Å². The molecule has 0 aliphatic carbocycles. The minimum Gasteiger partial charge on any atom is -0.354 e. The lowest BCUT2D eigenvalue weighted by atomic mass is 9.97. The molecule has 0 unspecified atom stereocenters. The lowest BCUT2D eigenvalue weighted by molar-refractivity contribution is 0.400. The van der Waals surface area contributed by atoms with Crippen LogP contribution in [0.4, 0.5) is 5.82 Å². The van der Waals surface area contributed by atoms with Crippen molar-refractivity contribution in [3.63, 3.8) is 0 Å². The molecule has 9 heteroatoms. The predicted molar refractivity (Wildman–Crippen MR) is 98.3 cm³/mol. The van der Waals surface area contributed by atoms with Gasteiger partial charge in [0.2, 0.25) is 10.0 Å². The molecule has 2 heterocycles. The minimum absolute atomic E-state index is 0.167. The number of anilines is 1. The summed E-state index contributed by atoms with van der Waals surface area (Å²) in [6.45, 7) is 1.78. The Balaban J connectivity index is 1.57. The first-order valence-electron chi connectivity index (χ1n) is 8.21. The molecule has 1 aliphatic heterocycles. The van der Waals surface area contributed by atoms with Crippen molar-refractivity contribution in [1.29, 1.82) is 5.26 Å². The fraction of sp³-hybridized carbons (Fsp3) is 0.353. The Morgan fingerprint density at radius 3 is 2.69 bits per heavy atom. The Morgan fingerprint density at radius 2 is 2.00 bits per heavy atom. The molecule has 3 rings (SSSR count). The Labute approximate surface area is 157 Å². The van der Waals surface area contributed by atoms with Gasteiger partial charge in [-0.2, -0.15) is 5.26 Å². The van der Waals surface area contributed by atoms with Crippen LogP contribution in [-0.2, 0) is 10.0 Å². The first-order chi connectivity index (χ1) is 12.5. The third kappa shape index (κ3) is 4.30. The monoisotopic (exact) mass is 391 g/mol. The highest BCUT2D eigenvalue weighted by atomic mass is 35.5. The van der Waals surface area contributed by atoms with Crippen molar-refractivity contribution in [1.82, 2.24) is 14.7 Å². The second-order valence-corrected chi connectivity index (χ2v) is 8.28. The van der Waals surface area contributed by atoms with Crippen LogP contribution in [0.3, 0.4) is 0 Å². The van der Waals surface area contributed by atoms with Crippen LogP contribution in [0.1, 0.15) is 18.5 Å². The molecule has 1 aliphatic rings. The molecule has 1 aromatic carbocycles. The maximum absolute atomic E-state index is 12.4. The summed E-state index contributed by atoms with van der Waals surface area (Å²) in [6, 6.07) is 8.26. The fourth-order valence-corrected chi connectivity index (χ4v) is 4.35. The van der Waals surface area contributed by atoms with Crippen LogP contribution in [0.2, 0.25) is 5.02 Å². The van der Waals surface area contributed by atoms with Crippen molar-refractivity contribution in [3.8, 4) is 6.07 Å². The second-order valence-electron chi connectivity index (χ2n) is 6.08. The number of sulfonamides is 1. The van der Waals surface area contributed by atoms with Crippen molar-refractivity contribution in [2.45, 2.75) is 17.7 Å². The Morgan fingerprint density at radius 1 is 1.27 bits per heavy atom. The van der Waals surface area contributed by atoms with Crippen LogP contribution in [0.5, 0.6) is 0 Å². The maximum atomic E-state index is 12.4. The summed E-state index contributed by atoms with van der Waals surface area (Å²) in [6.07, 6.45) is 4.68. The first-order valence-corrected chi connectivity index (χ1v) is 10.1. The standard InChI is InChI=1S/C17H18ClN5O2S/c18-14-2-1-3-15(10-14)26(24,25)22-12-13-4-8-23(9-5-13)17-16(11-19)20-6-7-21-17/h1-3,6-7,10,13,22H,4-5,8-9,12H2. The number of nitrogens with zero attached hydrogens (tertiary/aromatic N) is 4. The number of rotatable bonds is 5. The summed E-state index contributed by atoms with van der Waals surface area (Å²) in [4.78, 5) is 10.5. The molecule has 0 radical (unpaired) electrons. The summed E-state index contributed by atoms with van der Waals surface area (Å²) in [5.74, 6) is 0.815. The molecule has 1 saturated heterocycles. The Kier molecular flexibility index (Phi) is 5.71. The molecule has 0 amide bonds. The molecule has 0 bridgehead atoms. The number of hydrogen-bond donors (Lipinski definition) is 1. The molecule has 7 nitrogen and oxygen atoms in total. The second kappa shape index (κ2) is 7.99. The van der Waals surface area contributed by atoms with Gasteiger partial charge in [-0.3, -0.25) is 0 Å². The normalized spacial score (nSPS) is 15.6. The van der Waals surface area contributed by atoms with E-state index in [2.05, 4.69) is 20.8 Å². The smallest absolute Gasteiger partial charge is 0.240 e. The molecule has 26 heavy (non-hydrogen) atoms. The molecule has 1 fully saturated rings. The molecule has 0 atom stereocenters. The number of piperidine rings is 1. The zero-order valence-electron chi connectivity index (χ0n) is 14.0. The van der Waals surface area contributed by atoms with E-state index in [1.165, 1.54) is 18.3 Å². The Bertz CT molecular complexity index is 921. The van der Waals surface area contributed by atoms with Crippen molar-refractivity contribution < 1.29 is 8.42 Å². The number of halogens is 1. The van der Waals surface area contributed by atoms with E-state index in [-0.39, 0.29) is 10.8 Å². The summed E-state index contributed by atoms with van der Waals surface area (Å²) in [5.41, 5.74) is 0.313. The lowest BCUT2D eigenvalue weighted by Crippen LogP contribution is -2.39. The fourth-order valence-electron chi connectivity index (χ4n) is 2.93. The largest absolute Gasteiger partial charge is 0.354 e. The number of benzene rings is 1. The summed E-state index contributed by atoms with van der Waals surface area (Å²) < 4.78 is 27.4. The van der Waals surface area contributed by atoms with E-state index in [0.717, 1.165) is 12.8 Å². The number of nitriles is 1. The van der Waals surface area contributed by atoms with Crippen LogP contribution in [-0.4, -0.2) is 38.0 Å². The van der Waals surface area contributed by atoms with Gasteiger partial charge in [-0.05, 0) is 37.0 Å². The minimum atomic E-state index is -3.57. The van der Waals surface area contributed by atoms with Gasteiger partial charge in [0.05, 0.1) is 4.90 Å². The Hall–Kier alpha value is -2.21. The predicted octanol–water partition coefficient (Wildman–Crippen LogP) is 2.20. The first kappa shape index (κ1) is 18.6. The maximum Gasteiger partial charge on any atom is 0.240 e. The van der Waals surface area contributed by atoms with E-state index in [4.69, 9.17) is 16.9 Å². The van der Waals surface area contributed by atoms with E-state index in [1.807, 2.05) is 4.90 Å². The molecular formula is C17H18ClN5O2S. The van der Waals surface area contributed by atoms with Gasteiger partial charge in [0.25, 0.3) is 0 Å². The van der Waals surface area contributed by atoms with E-state index in [1.54, 1.807) is 18.3 Å². The summed E-state index contributed by atoms with van der Waals surface area (Å²) in [5, 5.41) is 9.52. The van der Waals surface area contributed by atoms with E-state index < -0.39 is 10.0 Å². The molecule has 0 spiro atoms. The van der Waals surface area contributed by atoms with Gasteiger partial charge in [-0.15, -0.1) is 0 Å². The van der Waals surface area contributed by atoms with Crippen molar-refractivity contribution >= 4 is 27.4 Å². The summed E-state index contributed by atoms with van der Waals surface area (Å²) >= 11 is 5.87. The van der Waals surface area contributed by atoms with Gasteiger partial charge < -0.3 is 4.90 Å². The molecule has 0 saturated carbocycles. The van der Waals surface area contributed by atoms with Crippen LogP contribution < -0.4 is 9.62 Å². The van der Waals surface area contributed by atoms with E-state index in [9.17, 15) is 8.42 Å². The lowest BCUT2D eigenvalue weighted by Gasteiger charge is -2.32. The SMILES string of the molecule is N#Cc1nccnc1N1CCC(CNS(=O)(=O)c2cccc(Cl)c2)CC1. The highest BCUT2D eigenvalue weighted by Gasteiger charge is 2.24. The van der Waals surface area contributed by atoms with Gasteiger partial charge in [-0.1, -0.05) is 17.7 Å². The van der Waals surface area contributed by atoms with E-state index in [0.29, 0.717) is 36.2 Å². The zero-order valence-corrected chi connectivity index (χ0v) is 15.5. The third-order valence-corrected chi connectivity index (χ3v) is 6.02. The number of hydrogen-bond acceptors (Lipinski definition) is 6. The molecule has 1 N–H and O–H groups in total. The van der Waals surface area contributed by atoms with Gasteiger partial charge in [-0.25, -0.2) is 23.1 Å². The molecule has 2 aromatic rings. The van der Waals surface area contributed by atoms with E-state index >= 15 is 0 Å².